The summed E-state index contributed by atoms with van der Waals surface area (Å²) in [5, 5.41) is 4.37. The lowest BCUT2D eigenvalue weighted by molar-refractivity contribution is 0.0956. The maximum atomic E-state index is 12.7. The van der Waals surface area contributed by atoms with Crippen molar-refractivity contribution in [1.82, 2.24) is 5.43 Å². The normalized spacial score (nSPS) is 11.1. The van der Waals surface area contributed by atoms with Crippen molar-refractivity contribution in [3.8, 4) is 18.1 Å². The number of ether oxygens (including phenoxy) is 1. The number of benzene rings is 3. The largest absolute Gasteiger partial charge is 0.480 e. The van der Waals surface area contributed by atoms with Gasteiger partial charge in [-0.3, -0.25) is 9.52 Å². The molecule has 0 spiro atoms. The number of nitrogens with one attached hydrogen (secondary N) is 2. The van der Waals surface area contributed by atoms with Gasteiger partial charge in [-0.2, -0.15) is 5.10 Å². The second-order valence-corrected chi connectivity index (χ2v) is 9.51. The highest BCUT2D eigenvalue weighted by molar-refractivity contribution is 9.10. The molecule has 0 aliphatic rings. The molecular weight excluding hydrogens is 530 g/mol. The number of sulfonamides is 1. The zero-order chi connectivity index (χ0) is 23.8. The minimum atomic E-state index is -3.93. The van der Waals surface area contributed by atoms with Crippen LogP contribution in [0.25, 0.3) is 0 Å². The van der Waals surface area contributed by atoms with E-state index in [2.05, 4.69) is 37.1 Å². The standard InChI is InChI=1S/C23H17BrClN3O4S/c1-2-13-32-22-12-7-17(24)14-16(22)15-26-27-23(29)20-5-3-4-6-21(20)28-33(30,31)19-10-8-18(25)9-11-19/h1,3-12,14-15,28H,13H2,(H,27,29)/b26-15+. The molecule has 0 aliphatic carbocycles. The fourth-order valence-electron chi connectivity index (χ4n) is 2.68. The van der Waals surface area contributed by atoms with E-state index < -0.39 is 15.9 Å². The minimum Gasteiger partial charge on any atom is -0.480 e. The van der Waals surface area contributed by atoms with Gasteiger partial charge in [-0.05, 0) is 54.6 Å². The zero-order valence-corrected chi connectivity index (χ0v) is 20.1. The van der Waals surface area contributed by atoms with Crippen LogP contribution >= 0.6 is 27.5 Å². The predicted octanol–water partition coefficient (Wildman–Crippen LogP) is 4.68. The molecule has 2 N–H and O–H groups in total. The van der Waals surface area contributed by atoms with Crippen molar-refractivity contribution in [1.29, 1.82) is 0 Å². The number of carbonyl (C=O) groups excluding carboxylic acids is 1. The Morgan fingerprint density at radius 3 is 2.61 bits per heavy atom. The number of carbonyl (C=O) groups is 1. The lowest BCUT2D eigenvalue weighted by Crippen LogP contribution is -2.21. The van der Waals surface area contributed by atoms with Crippen LogP contribution in [0.15, 0.2) is 81.2 Å². The van der Waals surface area contributed by atoms with Gasteiger partial charge in [0.25, 0.3) is 15.9 Å². The quantitative estimate of drug-likeness (QED) is 0.244. The van der Waals surface area contributed by atoms with E-state index in [0.717, 1.165) is 4.47 Å². The zero-order valence-electron chi connectivity index (χ0n) is 17.0. The van der Waals surface area contributed by atoms with E-state index >= 15 is 0 Å². The molecule has 0 aromatic heterocycles. The minimum absolute atomic E-state index is 0.00860. The van der Waals surface area contributed by atoms with Gasteiger partial charge in [-0.15, -0.1) is 6.42 Å². The molecule has 0 heterocycles. The number of hydrogen-bond acceptors (Lipinski definition) is 5. The molecule has 0 aliphatic heterocycles. The van der Waals surface area contributed by atoms with E-state index in [4.69, 9.17) is 22.8 Å². The number of amides is 1. The molecule has 0 bridgehead atoms. The molecule has 0 fully saturated rings. The van der Waals surface area contributed by atoms with Gasteiger partial charge < -0.3 is 4.74 Å². The summed E-state index contributed by atoms with van der Waals surface area (Å²) in [6, 6.07) is 17.1. The van der Waals surface area contributed by atoms with Crippen molar-refractivity contribution in [2.75, 3.05) is 11.3 Å². The first-order chi connectivity index (χ1) is 15.8. The van der Waals surface area contributed by atoms with Gasteiger partial charge in [-0.25, -0.2) is 13.8 Å². The molecular formula is C23H17BrClN3O4S. The monoisotopic (exact) mass is 545 g/mol. The van der Waals surface area contributed by atoms with Gasteiger partial charge >= 0.3 is 0 Å². The predicted molar refractivity (Wildman–Crippen MR) is 132 cm³/mol. The fourth-order valence-corrected chi connectivity index (χ4v) is 4.26. The van der Waals surface area contributed by atoms with Crippen LogP contribution in [0.4, 0.5) is 5.69 Å². The van der Waals surface area contributed by atoms with Gasteiger partial charge in [0, 0.05) is 15.1 Å². The number of anilines is 1. The molecule has 3 aromatic carbocycles. The van der Waals surface area contributed by atoms with Crippen molar-refractivity contribution < 1.29 is 17.9 Å². The Morgan fingerprint density at radius 1 is 1.15 bits per heavy atom. The Bertz CT molecular complexity index is 1340. The summed E-state index contributed by atoms with van der Waals surface area (Å²) in [4.78, 5) is 12.7. The third kappa shape index (κ3) is 6.58. The van der Waals surface area contributed by atoms with Gasteiger partial charge in [0.2, 0.25) is 0 Å². The molecule has 0 radical (unpaired) electrons. The highest BCUT2D eigenvalue weighted by Gasteiger charge is 2.18. The maximum absolute atomic E-state index is 12.7. The van der Waals surface area contributed by atoms with E-state index in [0.29, 0.717) is 16.3 Å². The molecule has 0 atom stereocenters. The highest BCUT2D eigenvalue weighted by atomic mass is 79.9. The number of para-hydroxylation sites is 1. The van der Waals surface area contributed by atoms with Crippen LogP contribution in [-0.4, -0.2) is 27.1 Å². The Labute approximate surface area is 205 Å². The van der Waals surface area contributed by atoms with Crippen LogP contribution in [0, 0.1) is 12.3 Å². The summed E-state index contributed by atoms with van der Waals surface area (Å²) >= 11 is 9.19. The highest BCUT2D eigenvalue weighted by Crippen LogP contribution is 2.23. The maximum Gasteiger partial charge on any atom is 0.273 e. The third-order valence-corrected chi connectivity index (χ3v) is 6.32. The lowest BCUT2D eigenvalue weighted by atomic mass is 10.2. The number of nitrogens with zero attached hydrogens (tertiary/aromatic N) is 1. The van der Waals surface area contributed by atoms with E-state index in [1.807, 2.05) is 0 Å². The van der Waals surface area contributed by atoms with Crippen LogP contribution < -0.4 is 14.9 Å². The van der Waals surface area contributed by atoms with E-state index in [-0.39, 0.29) is 22.8 Å². The number of hydrazone groups is 1. The van der Waals surface area contributed by atoms with Crippen molar-refractivity contribution in [2.24, 2.45) is 5.10 Å². The summed E-state index contributed by atoms with van der Waals surface area (Å²) < 4.78 is 34.1. The van der Waals surface area contributed by atoms with Gasteiger partial charge in [0.15, 0.2) is 0 Å². The summed E-state index contributed by atoms with van der Waals surface area (Å²) in [5.74, 6) is 2.26. The fraction of sp³-hybridized carbons (Fsp3) is 0.0435. The number of halogens is 2. The molecule has 0 saturated carbocycles. The Kier molecular flexibility index (Phi) is 8.11. The van der Waals surface area contributed by atoms with Crippen molar-refractivity contribution in [2.45, 2.75) is 4.90 Å². The second-order valence-electron chi connectivity index (χ2n) is 6.48. The molecule has 33 heavy (non-hydrogen) atoms. The van der Waals surface area contributed by atoms with Crippen LogP contribution in [0.1, 0.15) is 15.9 Å². The molecule has 0 saturated heterocycles. The van der Waals surface area contributed by atoms with E-state index in [1.165, 1.54) is 42.6 Å². The van der Waals surface area contributed by atoms with Crippen molar-refractivity contribution in [3.05, 3.63) is 87.4 Å². The first-order valence-corrected chi connectivity index (χ1v) is 12.0. The van der Waals surface area contributed by atoms with Gasteiger partial charge in [0.1, 0.15) is 12.4 Å². The van der Waals surface area contributed by atoms with E-state index in [9.17, 15) is 13.2 Å². The number of terminal acetylenes is 1. The van der Waals surface area contributed by atoms with Crippen LogP contribution in [0.2, 0.25) is 5.02 Å². The number of hydrogen-bond donors (Lipinski definition) is 2. The molecule has 3 rings (SSSR count). The number of rotatable bonds is 8. The Balaban J connectivity index is 1.78. The third-order valence-electron chi connectivity index (χ3n) is 4.19. The van der Waals surface area contributed by atoms with Crippen molar-refractivity contribution in [3.63, 3.8) is 0 Å². The average molecular weight is 547 g/mol. The van der Waals surface area contributed by atoms with Crippen LogP contribution in [0.3, 0.4) is 0 Å². The first kappa shape index (κ1) is 24.3. The lowest BCUT2D eigenvalue weighted by Gasteiger charge is -2.12. The first-order valence-electron chi connectivity index (χ1n) is 9.37. The Morgan fingerprint density at radius 2 is 1.88 bits per heavy atom. The summed E-state index contributed by atoms with van der Waals surface area (Å²) in [7, 11) is -3.93. The molecule has 7 nitrogen and oxygen atoms in total. The second kappa shape index (κ2) is 11.0. The molecule has 0 unspecified atom stereocenters. The topological polar surface area (TPSA) is 96.9 Å². The van der Waals surface area contributed by atoms with E-state index in [1.54, 1.807) is 30.3 Å². The molecule has 3 aromatic rings. The SMILES string of the molecule is C#CCOc1ccc(Br)cc1/C=N/NC(=O)c1ccccc1NS(=O)(=O)c1ccc(Cl)cc1. The van der Waals surface area contributed by atoms with Crippen LogP contribution in [0.5, 0.6) is 5.75 Å². The Hall–Kier alpha value is -3.32. The summed E-state index contributed by atoms with van der Waals surface area (Å²) in [6.07, 6.45) is 6.63. The van der Waals surface area contributed by atoms with Gasteiger partial charge in [0.05, 0.1) is 22.4 Å². The average Bonchev–Trinajstić information content (AvgIpc) is 2.79. The van der Waals surface area contributed by atoms with Gasteiger partial charge in [-0.1, -0.05) is 45.6 Å². The molecule has 1 amide bonds. The van der Waals surface area contributed by atoms with Crippen molar-refractivity contribution >= 4 is 55.4 Å². The molecule has 168 valence electrons. The van der Waals surface area contributed by atoms with Crippen LogP contribution in [-0.2, 0) is 10.0 Å². The smallest absolute Gasteiger partial charge is 0.273 e. The summed E-state index contributed by atoms with van der Waals surface area (Å²) in [5.41, 5.74) is 3.16. The summed E-state index contributed by atoms with van der Waals surface area (Å²) in [6.45, 7) is 0.0793. The molecule has 10 heteroatoms.